The van der Waals surface area contributed by atoms with Gasteiger partial charge in [0, 0.05) is 28.8 Å². The first kappa shape index (κ1) is 34.0. The smallest absolute Gasteiger partial charge is 0.415 e. The molecular formula is C35H35Cl2FN3O6S+. The molecule has 252 valence electrons. The van der Waals surface area contributed by atoms with Gasteiger partial charge in [0.25, 0.3) is 0 Å². The van der Waals surface area contributed by atoms with Crippen molar-refractivity contribution in [2.45, 2.75) is 38.0 Å². The summed E-state index contributed by atoms with van der Waals surface area (Å²) in [6, 6.07) is 13.0. The second kappa shape index (κ2) is 15.1. The number of H-pyrrole nitrogens is 1. The molecule has 4 aromatic rings. The van der Waals surface area contributed by atoms with Crippen molar-refractivity contribution in [2.75, 3.05) is 38.8 Å². The first-order chi connectivity index (χ1) is 23.2. The maximum Gasteiger partial charge on any atom is 0.415 e. The Morgan fingerprint density at radius 2 is 1.77 bits per heavy atom. The Balaban J connectivity index is 1.23. The zero-order chi connectivity index (χ0) is 33.8. The van der Waals surface area contributed by atoms with Crippen molar-refractivity contribution >= 4 is 52.3 Å². The number of pyridine rings is 1. The molecule has 9 nitrogen and oxygen atoms in total. The summed E-state index contributed by atoms with van der Waals surface area (Å²) in [5.74, 6) is 0.130. The van der Waals surface area contributed by atoms with Crippen LogP contribution in [0.25, 0.3) is 0 Å². The van der Waals surface area contributed by atoms with Crippen molar-refractivity contribution in [3.05, 3.63) is 104 Å². The number of piperidine rings is 3. The number of nitrogens with zero attached hydrogens (tertiary/aromatic N) is 2. The number of fused-ring (bicyclic) bond motifs is 3. The number of para-hydroxylation sites is 1. The Bertz CT molecular complexity index is 1760. The molecule has 2 aromatic carbocycles. The van der Waals surface area contributed by atoms with Gasteiger partial charge in [0.05, 0.1) is 32.0 Å². The topological polar surface area (TPSA) is 91.7 Å². The van der Waals surface area contributed by atoms with Crippen molar-refractivity contribution in [1.29, 1.82) is 0 Å². The number of ether oxygens (including phenoxy) is 4. The number of nitrogens with one attached hydrogen (secondary N) is 1. The fourth-order valence-corrected chi connectivity index (χ4v) is 7.59. The van der Waals surface area contributed by atoms with Gasteiger partial charge in [-0.1, -0.05) is 41.4 Å². The van der Waals surface area contributed by atoms with E-state index in [1.807, 2.05) is 0 Å². The van der Waals surface area contributed by atoms with Gasteiger partial charge in [0.15, 0.2) is 23.9 Å². The third-order valence-corrected chi connectivity index (χ3v) is 10.4. The number of esters is 1. The minimum absolute atomic E-state index is 0.00362. The fraction of sp³-hybridized carbons (Fsp3) is 0.343. The van der Waals surface area contributed by atoms with Gasteiger partial charge in [-0.05, 0) is 67.7 Å². The zero-order valence-electron chi connectivity index (χ0n) is 26.4. The first-order valence-electron chi connectivity index (χ1n) is 15.5. The zero-order valence-corrected chi connectivity index (χ0v) is 28.7. The molecule has 3 aliphatic heterocycles. The summed E-state index contributed by atoms with van der Waals surface area (Å²) in [6.07, 6.45) is 3.65. The number of rotatable bonds is 11. The van der Waals surface area contributed by atoms with E-state index in [0.29, 0.717) is 50.0 Å². The van der Waals surface area contributed by atoms with E-state index < -0.39 is 24.0 Å². The molecule has 0 unspecified atom stereocenters. The van der Waals surface area contributed by atoms with Crippen molar-refractivity contribution in [3.63, 3.8) is 0 Å². The average Bonchev–Trinajstić information content (AvgIpc) is 3.58. The van der Waals surface area contributed by atoms with Crippen LogP contribution in [0.1, 0.15) is 45.3 Å². The molecule has 3 fully saturated rings. The van der Waals surface area contributed by atoms with E-state index in [0.717, 1.165) is 25.9 Å². The molecule has 48 heavy (non-hydrogen) atoms. The largest absolute Gasteiger partial charge is 0.493 e. The standard InChI is InChI=1S/C35H34Cl2FN3O6S/c1-44-30-8-7-22(14-32(30)45-2)31(15-25-26(36)16-39-17-27(25)37)46-34(42)23-13-24(48-20-23)18-41(29-6-4-3-5-28(29)38)35(43)47-33-19-40-11-9-21(33)10-12-40/h3-8,13-14,16-17,20-21,31,33H,9-12,15,18-19H2,1-2H3/p+1/t31-,33-/m0/s1. The molecule has 2 bridgehead atoms. The molecule has 0 spiro atoms. The number of thiophene rings is 1. The van der Waals surface area contributed by atoms with E-state index >= 15 is 4.39 Å². The van der Waals surface area contributed by atoms with E-state index in [1.165, 1.54) is 36.5 Å². The number of aromatic nitrogens is 1. The van der Waals surface area contributed by atoms with Crippen LogP contribution in [0.4, 0.5) is 14.9 Å². The molecule has 0 saturated carbocycles. The normalized spacial score (nSPS) is 19.0. The Labute approximate surface area is 292 Å². The van der Waals surface area contributed by atoms with Crippen LogP contribution in [0.3, 0.4) is 0 Å². The molecule has 2 aromatic heterocycles. The molecular weight excluding hydrogens is 680 g/mol. The Morgan fingerprint density at radius 3 is 2.44 bits per heavy atom. The number of hydrogen-bond donors (Lipinski definition) is 0. The highest BCUT2D eigenvalue weighted by atomic mass is 35.5. The van der Waals surface area contributed by atoms with Gasteiger partial charge in [-0.2, -0.15) is 0 Å². The van der Waals surface area contributed by atoms with E-state index in [-0.39, 0.29) is 30.3 Å². The van der Waals surface area contributed by atoms with Gasteiger partial charge < -0.3 is 18.9 Å². The van der Waals surface area contributed by atoms with Gasteiger partial charge in [-0.25, -0.2) is 19.0 Å². The lowest BCUT2D eigenvalue weighted by Gasteiger charge is -2.44. The molecule has 3 aliphatic rings. The van der Waals surface area contributed by atoms with Crippen molar-refractivity contribution < 1.29 is 37.9 Å². The first-order valence-corrected chi connectivity index (χ1v) is 17.2. The van der Waals surface area contributed by atoms with Gasteiger partial charge in [-0.15, -0.1) is 11.3 Å². The van der Waals surface area contributed by atoms with Crippen LogP contribution in [-0.4, -0.2) is 56.9 Å². The van der Waals surface area contributed by atoms with Crippen LogP contribution in [0.5, 0.6) is 11.5 Å². The Kier molecular flexibility index (Phi) is 10.7. The number of halogens is 3. The van der Waals surface area contributed by atoms with Gasteiger partial charge >= 0.3 is 12.1 Å². The molecule has 3 saturated heterocycles. The average molecular weight is 716 g/mol. The van der Waals surface area contributed by atoms with Crippen molar-refractivity contribution in [1.82, 2.24) is 4.90 Å². The number of amides is 1. The van der Waals surface area contributed by atoms with Gasteiger partial charge in [0.2, 0.25) is 0 Å². The summed E-state index contributed by atoms with van der Waals surface area (Å²) >= 11 is 14.2. The number of anilines is 1. The van der Waals surface area contributed by atoms with Crippen molar-refractivity contribution in [3.8, 4) is 11.5 Å². The molecule has 0 radical (unpaired) electrons. The number of methoxy groups -OCH3 is 2. The van der Waals surface area contributed by atoms with Crippen LogP contribution in [0, 0.1) is 11.7 Å². The molecule has 13 heteroatoms. The van der Waals surface area contributed by atoms with Gasteiger partial charge in [0.1, 0.15) is 28.1 Å². The predicted octanol–water partition coefficient (Wildman–Crippen LogP) is 7.40. The monoisotopic (exact) mass is 714 g/mol. The van der Waals surface area contributed by atoms with E-state index in [1.54, 1.807) is 60.2 Å². The predicted molar refractivity (Wildman–Crippen MR) is 181 cm³/mol. The fourth-order valence-electron chi connectivity index (χ4n) is 6.22. The summed E-state index contributed by atoms with van der Waals surface area (Å²) in [6.45, 7) is 2.68. The lowest BCUT2D eigenvalue weighted by atomic mass is 9.86. The summed E-state index contributed by atoms with van der Waals surface area (Å²) in [5, 5.41) is 2.43. The molecule has 2 atom stereocenters. The van der Waals surface area contributed by atoms with Crippen molar-refractivity contribution in [2.24, 2.45) is 5.92 Å². The third kappa shape index (κ3) is 7.54. The second-order valence-corrected chi connectivity index (χ2v) is 13.6. The minimum atomic E-state index is -0.801. The van der Waals surface area contributed by atoms with Crippen LogP contribution >= 0.6 is 34.5 Å². The Morgan fingerprint density at radius 1 is 1.04 bits per heavy atom. The lowest BCUT2D eigenvalue weighted by Crippen LogP contribution is -2.53. The maximum atomic E-state index is 15.0. The molecule has 7 rings (SSSR count). The maximum absolute atomic E-state index is 15.0. The van der Waals surface area contributed by atoms with Crippen LogP contribution in [0.15, 0.2) is 66.3 Å². The van der Waals surface area contributed by atoms with E-state index in [4.69, 9.17) is 42.1 Å². The van der Waals surface area contributed by atoms with Crippen LogP contribution in [0.2, 0.25) is 10.0 Å². The van der Waals surface area contributed by atoms with E-state index in [9.17, 15) is 9.59 Å². The highest BCUT2D eigenvalue weighted by Crippen LogP contribution is 2.36. The summed E-state index contributed by atoms with van der Waals surface area (Å²) in [5.41, 5.74) is 1.61. The summed E-state index contributed by atoms with van der Waals surface area (Å²) in [4.78, 5) is 34.4. The third-order valence-electron chi connectivity index (χ3n) is 8.83. The number of carbonyl (C=O) groups is 2. The summed E-state index contributed by atoms with van der Waals surface area (Å²) < 4.78 is 38.0. The van der Waals surface area contributed by atoms with Crippen LogP contribution in [-0.2, 0) is 22.4 Å². The molecule has 1 amide bonds. The number of benzene rings is 2. The SMILES string of the molecule is COc1ccc([C@H](Cc2c(Cl)c[nH+]cc2Cl)OC(=O)c2csc(CN(C(=O)O[C@H]3CN4CCC3CC4)c3ccccc3F)c2)cc1OC. The number of carbonyl (C=O) groups excluding carboxylic acids is 2. The molecule has 0 aliphatic carbocycles. The van der Waals surface area contributed by atoms with E-state index in [2.05, 4.69) is 9.88 Å². The Hall–Kier alpha value is -3.90. The summed E-state index contributed by atoms with van der Waals surface area (Å²) in [7, 11) is 3.06. The molecule has 5 heterocycles. The second-order valence-electron chi connectivity index (χ2n) is 11.7. The lowest BCUT2D eigenvalue weighted by molar-refractivity contribution is -0.377. The quantitative estimate of drug-likeness (QED) is 0.150. The number of hydrogen-bond acceptors (Lipinski definition) is 8. The highest BCUT2D eigenvalue weighted by Gasteiger charge is 2.38. The number of aromatic amines is 1. The molecule has 1 N–H and O–H groups in total. The highest BCUT2D eigenvalue weighted by molar-refractivity contribution is 7.10. The van der Waals surface area contributed by atoms with Gasteiger partial charge in [-0.3, -0.25) is 9.80 Å². The van der Waals surface area contributed by atoms with Crippen LogP contribution < -0.4 is 19.4 Å². The minimum Gasteiger partial charge on any atom is -0.493 e.